The van der Waals surface area contributed by atoms with Crippen molar-refractivity contribution in [2.45, 2.75) is 24.2 Å². The molecule has 2 aliphatic rings. The fourth-order valence-electron chi connectivity index (χ4n) is 4.06. The number of ether oxygens (including phenoxy) is 2. The molecule has 144 valence electrons. The zero-order chi connectivity index (χ0) is 19.9. The average Bonchev–Trinajstić information content (AvgIpc) is 2.93. The Kier molecular flexibility index (Phi) is 4.50. The van der Waals surface area contributed by atoms with Crippen molar-refractivity contribution in [3.63, 3.8) is 0 Å². The van der Waals surface area contributed by atoms with Crippen molar-refractivity contribution in [2.24, 2.45) is 0 Å². The highest BCUT2D eigenvalue weighted by atomic mass is 16.5. The number of aliphatic hydroxyl groups is 2. The fourth-order valence-corrected chi connectivity index (χ4v) is 4.06. The number of rotatable bonds is 2. The van der Waals surface area contributed by atoms with Crippen LogP contribution in [0.3, 0.4) is 0 Å². The van der Waals surface area contributed by atoms with Crippen molar-refractivity contribution in [1.82, 2.24) is 4.90 Å². The number of carbonyl (C=O) groups is 1. The molecule has 3 atom stereocenters. The zero-order valence-corrected chi connectivity index (χ0v) is 15.7. The van der Waals surface area contributed by atoms with E-state index in [4.69, 9.17) is 9.47 Å². The van der Waals surface area contributed by atoms with E-state index in [0.717, 1.165) is 11.1 Å². The topological polar surface area (TPSA) is 79.2 Å². The molecule has 0 aliphatic carbocycles. The minimum atomic E-state index is -1.52. The second kappa shape index (κ2) is 6.86. The monoisotopic (exact) mass is 379 g/mol. The molecule has 0 aromatic heterocycles. The van der Waals surface area contributed by atoms with E-state index in [1.54, 1.807) is 13.2 Å². The molecule has 2 aromatic rings. The molecule has 1 fully saturated rings. The Morgan fingerprint density at radius 2 is 1.79 bits per heavy atom. The number of fused-ring (bicyclic) bond motifs is 3. The van der Waals surface area contributed by atoms with E-state index in [1.807, 2.05) is 36.4 Å². The normalized spacial score (nSPS) is 25.4. The maximum absolute atomic E-state index is 12.6. The van der Waals surface area contributed by atoms with Crippen molar-refractivity contribution in [1.29, 1.82) is 0 Å². The van der Waals surface area contributed by atoms with Gasteiger partial charge in [0.25, 0.3) is 5.91 Å². The lowest BCUT2D eigenvalue weighted by Crippen LogP contribution is -2.52. The van der Waals surface area contributed by atoms with E-state index in [1.165, 1.54) is 12.0 Å². The second-order valence-corrected chi connectivity index (χ2v) is 6.88. The van der Waals surface area contributed by atoms with E-state index in [0.29, 0.717) is 30.0 Å². The van der Waals surface area contributed by atoms with Gasteiger partial charge in [-0.3, -0.25) is 4.79 Å². The zero-order valence-electron chi connectivity index (χ0n) is 15.7. The number of carbonyl (C=O) groups excluding carboxylic acids is 1. The van der Waals surface area contributed by atoms with Gasteiger partial charge in [-0.1, -0.05) is 30.0 Å². The van der Waals surface area contributed by atoms with Crippen molar-refractivity contribution in [3.05, 3.63) is 59.2 Å². The van der Waals surface area contributed by atoms with E-state index in [9.17, 15) is 15.0 Å². The summed E-state index contributed by atoms with van der Waals surface area (Å²) in [5.74, 6) is 6.71. The van der Waals surface area contributed by atoms with Gasteiger partial charge < -0.3 is 24.6 Å². The van der Waals surface area contributed by atoms with Crippen LogP contribution >= 0.6 is 0 Å². The highest BCUT2D eigenvalue weighted by Gasteiger charge is 2.60. The van der Waals surface area contributed by atoms with Gasteiger partial charge in [0.1, 0.15) is 6.10 Å². The Balaban J connectivity index is 1.96. The molecule has 2 aliphatic heterocycles. The molecule has 2 N–H and O–H groups in total. The summed E-state index contributed by atoms with van der Waals surface area (Å²) < 4.78 is 10.8. The second-order valence-electron chi connectivity index (χ2n) is 6.88. The lowest BCUT2D eigenvalue weighted by atomic mass is 9.78. The van der Waals surface area contributed by atoms with Crippen LogP contribution in [0.1, 0.15) is 16.7 Å². The molecule has 0 saturated carbocycles. The first-order chi connectivity index (χ1) is 13.5. The Labute approximate surface area is 163 Å². The molecule has 6 nitrogen and oxygen atoms in total. The first kappa shape index (κ1) is 18.4. The van der Waals surface area contributed by atoms with Gasteiger partial charge in [0.15, 0.2) is 23.1 Å². The van der Waals surface area contributed by atoms with Gasteiger partial charge in [0.05, 0.1) is 14.2 Å². The molecule has 6 heteroatoms. The van der Waals surface area contributed by atoms with Crippen LogP contribution in [0, 0.1) is 11.8 Å². The van der Waals surface area contributed by atoms with Gasteiger partial charge in [0.2, 0.25) is 0 Å². The van der Waals surface area contributed by atoms with Gasteiger partial charge in [-0.25, -0.2) is 0 Å². The average molecular weight is 379 g/mol. The van der Waals surface area contributed by atoms with E-state index in [-0.39, 0.29) is 0 Å². The van der Waals surface area contributed by atoms with Crippen LogP contribution in [0.2, 0.25) is 0 Å². The number of methoxy groups -OCH3 is 2. The molecule has 2 heterocycles. The molecule has 0 spiro atoms. The molecule has 0 radical (unpaired) electrons. The summed E-state index contributed by atoms with van der Waals surface area (Å²) in [5, 5.41) is 21.3. The fraction of sp³-hybridized carbons (Fsp3) is 0.318. The Bertz CT molecular complexity index is 978. The summed E-state index contributed by atoms with van der Waals surface area (Å²) in [6, 6.07) is 12.9. The minimum absolute atomic E-state index is 0.346. The molecule has 2 aromatic carbocycles. The summed E-state index contributed by atoms with van der Waals surface area (Å²) in [5.41, 5.74) is 0.958. The smallest absolute Gasteiger partial charge is 0.255 e. The third-order valence-corrected chi connectivity index (χ3v) is 5.47. The standard InChI is InChI=1S/C22H21NO5/c1-27-17-12-15-9-11-23-21(26)19(24)20(25)22(23,16(15)13-18(17)28-2)10-8-14-6-4-3-5-7-14/h3-7,12-13,19-20,24-25H,9,11H2,1-2H3/t19-,20-,22+/m1/s1. The highest BCUT2D eigenvalue weighted by molar-refractivity contribution is 5.88. The van der Waals surface area contributed by atoms with Crippen LogP contribution in [0.5, 0.6) is 11.5 Å². The molecular weight excluding hydrogens is 358 g/mol. The number of aliphatic hydroxyl groups excluding tert-OH is 2. The highest BCUT2D eigenvalue weighted by Crippen LogP contribution is 2.47. The summed E-state index contributed by atoms with van der Waals surface area (Å²) in [6.45, 7) is 0.346. The van der Waals surface area contributed by atoms with Crippen molar-refractivity contribution in [2.75, 3.05) is 20.8 Å². The van der Waals surface area contributed by atoms with Crippen LogP contribution in [0.4, 0.5) is 0 Å². The Morgan fingerprint density at radius 3 is 2.46 bits per heavy atom. The summed E-state index contributed by atoms with van der Waals surface area (Å²) in [7, 11) is 3.08. The summed E-state index contributed by atoms with van der Waals surface area (Å²) >= 11 is 0. The van der Waals surface area contributed by atoms with Crippen LogP contribution in [-0.4, -0.2) is 54.0 Å². The maximum atomic E-state index is 12.6. The number of benzene rings is 2. The van der Waals surface area contributed by atoms with Gasteiger partial charge >= 0.3 is 0 Å². The van der Waals surface area contributed by atoms with Gasteiger partial charge in [-0.15, -0.1) is 0 Å². The Hall–Kier alpha value is -3.01. The largest absolute Gasteiger partial charge is 0.493 e. The lowest BCUT2D eigenvalue weighted by Gasteiger charge is -2.41. The predicted octanol–water partition coefficient (Wildman–Crippen LogP) is 1.07. The molecule has 1 amide bonds. The van der Waals surface area contributed by atoms with E-state index >= 15 is 0 Å². The molecule has 0 unspecified atom stereocenters. The van der Waals surface area contributed by atoms with Crippen molar-refractivity contribution in [3.8, 4) is 23.3 Å². The quantitative estimate of drug-likeness (QED) is 0.764. The SMILES string of the molecule is COc1cc2c(cc1OC)[C@@]1(C#Cc3ccccc3)[C@H](O)[C@@H](O)C(=O)N1CC2. The van der Waals surface area contributed by atoms with Crippen LogP contribution in [0.25, 0.3) is 0 Å². The molecule has 4 rings (SSSR count). The number of amides is 1. The van der Waals surface area contributed by atoms with Crippen molar-refractivity contribution >= 4 is 5.91 Å². The first-order valence-corrected chi connectivity index (χ1v) is 9.04. The minimum Gasteiger partial charge on any atom is -0.493 e. The van der Waals surface area contributed by atoms with E-state index in [2.05, 4.69) is 11.8 Å². The van der Waals surface area contributed by atoms with Gasteiger partial charge in [-0.2, -0.15) is 0 Å². The molecule has 28 heavy (non-hydrogen) atoms. The van der Waals surface area contributed by atoms with Crippen LogP contribution in [0.15, 0.2) is 42.5 Å². The molecule has 0 bridgehead atoms. The number of hydrogen-bond donors (Lipinski definition) is 2. The van der Waals surface area contributed by atoms with Gasteiger partial charge in [-0.05, 0) is 41.8 Å². The predicted molar refractivity (Wildman–Crippen MR) is 102 cm³/mol. The van der Waals surface area contributed by atoms with Crippen LogP contribution < -0.4 is 9.47 Å². The van der Waals surface area contributed by atoms with Crippen LogP contribution in [-0.2, 0) is 16.8 Å². The van der Waals surface area contributed by atoms with Crippen molar-refractivity contribution < 1.29 is 24.5 Å². The number of hydrogen-bond acceptors (Lipinski definition) is 5. The maximum Gasteiger partial charge on any atom is 0.255 e. The summed E-state index contributed by atoms with van der Waals surface area (Å²) in [4.78, 5) is 14.1. The Morgan fingerprint density at radius 1 is 1.11 bits per heavy atom. The lowest BCUT2D eigenvalue weighted by molar-refractivity contribution is -0.136. The third kappa shape index (κ3) is 2.55. The van der Waals surface area contributed by atoms with Gasteiger partial charge in [0, 0.05) is 12.1 Å². The number of nitrogens with zero attached hydrogens (tertiary/aromatic N) is 1. The molecular formula is C22H21NO5. The first-order valence-electron chi connectivity index (χ1n) is 9.04. The molecule has 1 saturated heterocycles. The van der Waals surface area contributed by atoms with E-state index < -0.39 is 23.7 Å². The third-order valence-electron chi connectivity index (χ3n) is 5.47. The summed E-state index contributed by atoms with van der Waals surface area (Å²) in [6.07, 6.45) is -2.34.